The van der Waals surface area contributed by atoms with Crippen LogP contribution in [-0.4, -0.2) is 17.6 Å². The smallest absolute Gasteiger partial charge is 0.252 e. The summed E-state index contributed by atoms with van der Waals surface area (Å²) in [5.41, 5.74) is 6.67. The minimum atomic E-state index is -0.852. The summed E-state index contributed by atoms with van der Waals surface area (Å²) in [6.07, 6.45) is 0. The van der Waals surface area contributed by atoms with Crippen molar-refractivity contribution in [2.75, 3.05) is 12.3 Å². The van der Waals surface area contributed by atoms with Crippen molar-refractivity contribution >= 4 is 27.5 Å². The van der Waals surface area contributed by atoms with Gasteiger partial charge < -0.3 is 16.2 Å². The van der Waals surface area contributed by atoms with Crippen LogP contribution in [0.15, 0.2) is 53.0 Å². The first-order valence-electron chi connectivity index (χ1n) is 6.49. The van der Waals surface area contributed by atoms with Gasteiger partial charge in [0.25, 0.3) is 5.91 Å². The fraction of sp³-hybridized carbons (Fsp3) is 0.188. The number of carbonyl (C=O) groups excluding carboxylic acids is 1. The lowest BCUT2D eigenvalue weighted by molar-refractivity contribution is 0.0849. The first-order chi connectivity index (χ1) is 9.94. The van der Waals surface area contributed by atoms with E-state index < -0.39 is 5.54 Å². The minimum Gasteiger partial charge on any atom is -0.399 e. The number of aliphatic hydroxyl groups is 1. The van der Waals surface area contributed by atoms with E-state index >= 15 is 0 Å². The summed E-state index contributed by atoms with van der Waals surface area (Å²) < 4.78 is 0.734. The Hall–Kier alpha value is -1.85. The van der Waals surface area contributed by atoms with Gasteiger partial charge in [-0.3, -0.25) is 4.79 Å². The van der Waals surface area contributed by atoms with Gasteiger partial charge in [0, 0.05) is 15.7 Å². The Bertz CT molecular complexity index is 626. The first kappa shape index (κ1) is 15.5. The summed E-state index contributed by atoms with van der Waals surface area (Å²) in [4.78, 5) is 12.4. The number of benzene rings is 2. The molecule has 1 atom stereocenters. The molecular formula is C16H17BrN2O2. The number of amides is 1. The molecule has 0 heterocycles. The number of nitrogens with two attached hydrogens (primary N) is 1. The molecule has 0 aromatic heterocycles. The number of nitrogen functional groups attached to an aromatic ring is 1. The van der Waals surface area contributed by atoms with Crippen molar-refractivity contribution in [1.29, 1.82) is 0 Å². The molecule has 0 saturated carbocycles. The number of nitrogens with one attached hydrogen (secondary N) is 1. The molecule has 2 aromatic rings. The van der Waals surface area contributed by atoms with Crippen molar-refractivity contribution in [1.82, 2.24) is 5.32 Å². The van der Waals surface area contributed by atoms with E-state index in [9.17, 15) is 9.90 Å². The van der Waals surface area contributed by atoms with Crippen LogP contribution < -0.4 is 11.1 Å². The van der Waals surface area contributed by atoms with Crippen LogP contribution in [0.3, 0.4) is 0 Å². The van der Waals surface area contributed by atoms with Gasteiger partial charge in [-0.05, 0) is 30.7 Å². The number of hydrogen-bond donors (Lipinski definition) is 3. The molecule has 4 N–H and O–H groups in total. The maximum Gasteiger partial charge on any atom is 0.252 e. The number of hydrogen-bond acceptors (Lipinski definition) is 3. The summed E-state index contributed by atoms with van der Waals surface area (Å²) in [5, 5.41) is 12.6. The number of halogens is 1. The Labute approximate surface area is 132 Å². The third-order valence-electron chi connectivity index (χ3n) is 3.30. The topological polar surface area (TPSA) is 75.3 Å². The van der Waals surface area contributed by atoms with Crippen molar-refractivity contribution in [2.45, 2.75) is 12.5 Å². The van der Waals surface area contributed by atoms with Gasteiger partial charge in [0.05, 0.1) is 12.1 Å². The van der Waals surface area contributed by atoms with E-state index in [1.165, 1.54) is 0 Å². The molecular weight excluding hydrogens is 332 g/mol. The number of aliphatic hydroxyl groups excluding tert-OH is 1. The summed E-state index contributed by atoms with van der Waals surface area (Å²) in [5.74, 6) is -0.289. The van der Waals surface area contributed by atoms with Crippen LogP contribution in [0.25, 0.3) is 0 Å². The summed E-state index contributed by atoms with van der Waals surface area (Å²) in [6.45, 7) is 1.58. The fourth-order valence-corrected chi connectivity index (χ4v) is 2.59. The SMILES string of the molecule is CC(CO)(NC(=O)c1cc(N)cc(Br)c1)c1ccccc1. The van der Waals surface area contributed by atoms with Gasteiger partial charge in [0.15, 0.2) is 0 Å². The molecule has 0 saturated heterocycles. The van der Waals surface area contributed by atoms with Gasteiger partial charge in [-0.2, -0.15) is 0 Å². The largest absolute Gasteiger partial charge is 0.399 e. The Morgan fingerprint density at radius 2 is 1.95 bits per heavy atom. The molecule has 21 heavy (non-hydrogen) atoms. The van der Waals surface area contributed by atoms with Crippen LogP contribution in [0.1, 0.15) is 22.8 Å². The van der Waals surface area contributed by atoms with E-state index in [-0.39, 0.29) is 12.5 Å². The number of carbonyl (C=O) groups is 1. The minimum absolute atomic E-state index is 0.202. The highest BCUT2D eigenvalue weighted by Crippen LogP contribution is 2.22. The molecule has 0 fully saturated rings. The monoisotopic (exact) mass is 348 g/mol. The molecule has 0 bridgehead atoms. The van der Waals surface area contributed by atoms with Crippen molar-refractivity contribution in [3.8, 4) is 0 Å². The summed E-state index contributed by atoms with van der Waals surface area (Å²) >= 11 is 3.31. The van der Waals surface area contributed by atoms with E-state index in [1.807, 2.05) is 30.3 Å². The lowest BCUT2D eigenvalue weighted by Crippen LogP contribution is -2.46. The number of rotatable bonds is 4. The predicted molar refractivity (Wildman–Crippen MR) is 86.9 cm³/mol. The molecule has 4 nitrogen and oxygen atoms in total. The van der Waals surface area contributed by atoms with Gasteiger partial charge >= 0.3 is 0 Å². The Morgan fingerprint density at radius 1 is 1.29 bits per heavy atom. The average molecular weight is 349 g/mol. The van der Waals surface area contributed by atoms with E-state index in [0.29, 0.717) is 11.3 Å². The molecule has 1 unspecified atom stereocenters. The lowest BCUT2D eigenvalue weighted by atomic mass is 9.92. The maximum atomic E-state index is 12.4. The summed E-state index contributed by atoms with van der Waals surface area (Å²) in [6, 6.07) is 14.4. The van der Waals surface area contributed by atoms with E-state index in [4.69, 9.17) is 5.73 Å². The van der Waals surface area contributed by atoms with Crippen molar-refractivity contribution in [3.05, 3.63) is 64.1 Å². The van der Waals surface area contributed by atoms with Crippen LogP contribution in [0, 0.1) is 0 Å². The molecule has 0 aliphatic carbocycles. The van der Waals surface area contributed by atoms with Crippen molar-refractivity contribution < 1.29 is 9.90 Å². The summed E-state index contributed by atoms with van der Waals surface area (Å²) in [7, 11) is 0. The zero-order valence-corrected chi connectivity index (χ0v) is 13.2. The van der Waals surface area contributed by atoms with Crippen LogP contribution in [0.2, 0.25) is 0 Å². The predicted octanol–water partition coefficient (Wildman–Crippen LogP) is 2.67. The quantitative estimate of drug-likeness (QED) is 0.743. The standard InChI is InChI=1S/C16H17BrN2O2/c1-16(10-20,12-5-3-2-4-6-12)19-15(21)11-7-13(17)9-14(18)8-11/h2-9,20H,10,18H2,1H3,(H,19,21). The first-order valence-corrected chi connectivity index (χ1v) is 7.29. The van der Waals surface area contributed by atoms with Gasteiger partial charge in [0.2, 0.25) is 0 Å². The van der Waals surface area contributed by atoms with Crippen LogP contribution in [0.4, 0.5) is 5.69 Å². The molecule has 0 spiro atoms. The van der Waals surface area contributed by atoms with E-state index in [2.05, 4.69) is 21.2 Å². The third-order valence-corrected chi connectivity index (χ3v) is 3.76. The van der Waals surface area contributed by atoms with Gasteiger partial charge in [-0.25, -0.2) is 0 Å². The van der Waals surface area contributed by atoms with E-state index in [1.54, 1.807) is 25.1 Å². The molecule has 0 radical (unpaired) electrons. The van der Waals surface area contributed by atoms with Crippen LogP contribution in [-0.2, 0) is 5.54 Å². The maximum absolute atomic E-state index is 12.4. The molecule has 2 aromatic carbocycles. The molecule has 0 aliphatic heterocycles. The second-order valence-corrected chi connectivity index (χ2v) is 6.00. The Morgan fingerprint density at radius 3 is 2.52 bits per heavy atom. The zero-order chi connectivity index (χ0) is 15.5. The van der Waals surface area contributed by atoms with Crippen LogP contribution >= 0.6 is 15.9 Å². The van der Waals surface area contributed by atoms with Crippen molar-refractivity contribution in [3.63, 3.8) is 0 Å². The van der Waals surface area contributed by atoms with Gasteiger partial charge in [0.1, 0.15) is 0 Å². The molecule has 5 heteroatoms. The number of anilines is 1. The molecule has 110 valence electrons. The van der Waals surface area contributed by atoms with E-state index in [0.717, 1.165) is 10.0 Å². The molecule has 0 aliphatic rings. The Kier molecular flexibility index (Phi) is 4.65. The normalized spacial score (nSPS) is 13.5. The zero-order valence-electron chi connectivity index (χ0n) is 11.6. The lowest BCUT2D eigenvalue weighted by Gasteiger charge is -2.29. The second kappa shape index (κ2) is 6.28. The third kappa shape index (κ3) is 3.62. The highest BCUT2D eigenvalue weighted by molar-refractivity contribution is 9.10. The van der Waals surface area contributed by atoms with Crippen molar-refractivity contribution in [2.24, 2.45) is 0 Å². The Balaban J connectivity index is 2.28. The van der Waals surface area contributed by atoms with Crippen LogP contribution in [0.5, 0.6) is 0 Å². The van der Waals surface area contributed by atoms with Gasteiger partial charge in [-0.1, -0.05) is 46.3 Å². The second-order valence-electron chi connectivity index (χ2n) is 5.08. The fourth-order valence-electron chi connectivity index (χ4n) is 2.08. The highest BCUT2D eigenvalue weighted by atomic mass is 79.9. The molecule has 2 rings (SSSR count). The average Bonchev–Trinajstić information content (AvgIpc) is 2.47. The molecule has 1 amide bonds. The highest BCUT2D eigenvalue weighted by Gasteiger charge is 2.28. The van der Waals surface area contributed by atoms with Gasteiger partial charge in [-0.15, -0.1) is 0 Å².